The van der Waals surface area contributed by atoms with Gasteiger partial charge < -0.3 is 5.32 Å². The van der Waals surface area contributed by atoms with Gasteiger partial charge in [0.05, 0.1) is 17.1 Å². The minimum atomic E-state index is -0.527. The molecular weight excluding hydrogens is 273 g/mol. The summed E-state index contributed by atoms with van der Waals surface area (Å²) in [6, 6.07) is 4.75. The lowest BCUT2D eigenvalue weighted by molar-refractivity contribution is -0.130. The molecule has 1 rings (SSSR count). The van der Waals surface area contributed by atoms with Gasteiger partial charge in [-0.25, -0.2) is 0 Å². The van der Waals surface area contributed by atoms with Crippen molar-refractivity contribution in [2.45, 2.75) is 27.2 Å². The van der Waals surface area contributed by atoms with Crippen LogP contribution in [0.5, 0.6) is 0 Å². The number of rotatable bonds is 3. The number of nitrogens with one attached hydrogen (secondary N) is 1. The maximum absolute atomic E-state index is 11.7. The Balaban J connectivity index is 2.68. The summed E-state index contributed by atoms with van der Waals surface area (Å²) in [5.41, 5.74) is -0.0750. The van der Waals surface area contributed by atoms with Gasteiger partial charge in [0.1, 0.15) is 5.78 Å². The fourth-order valence-electron chi connectivity index (χ4n) is 1.20. The smallest absolute Gasteiger partial charge is 0.231 e. The SMILES string of the molecule is CC(C)(C)C(=O)CC(=O)Nc1ccc(Cl)cc1Cl. The van der Waals surface area contributed by atoms with Gasteiger partial charge in [-0.3, -0.25) is 9.59 Å². The van der Waals surface area contributed by atoms with Crippen LogP contribution < -0.4 is 5.32 Å². The van der Waals surface area contributed by atoms with Crippen molar-refractivity contribution in [2.75, 3.05) is 5.32 Å². The molecule has 0 atom stereocenters. The standard InChI is InChI=1S/C13H15Cl2NO2/c1-13(2,3)11(17)7-12(18)16-10-5-4-8(14)6-9(10)15/h4-6H,7H2,1-3H3,(H,16,18). The summed E-state index contributed by atoms with van der Waals surface area (Å²) in [6.07, 6.45) is -0.164. The number of anilines is 1. The van der Waals surface area contributed by atoms with E-state index in [1.807, 2.05) is 0 Å². The molecule has 0 aliphatic rings. The molecule has 0 radical (unpaired) electrons. The van der Waals surface area contributed by atoms with E-state index in [1.165, 1.54) is 6.07 Å². The first-order chi connectivity index (χ1) is 8.20. The largest absolute Gasteiger partial charge is 0.324 e. The molecule has 1 aromatic carbocycles. The van der Waals surface area contributed by atoms with Gasteiger partial charge in [0.2, 0.25) is 5.91 Å². The van der Waals surface area contributed by atoms with Crippen LogP contribution in [0, 0.1) is 5.41 Å². The Labute approximate surface area is 116 Å². The minimum Gasteiger partial charge on any atom is -0.324 e. The predicted molar refractivity (Wildman–Crippen MR) is 74.2 cm³/mol. The lowest BCUT2D eigenvalue weighted by Crippen LogP contribution is -2.26. The molecule has 1 aromatic rings. The van der Waals surface area contributed by atoms with Crippen molar-refractivity contribution in [2.24, 2.45) is 5.41 Å². The average Bonchev–Trinajstić information content (AvgIpc) is 2.20. The Bertz CT molecular complexity index is 478. The number of Topliss-reactive ketones (excluding diaryl/α,β-unsaturated/α-hetero) is 1. The van der Waals surface area contributed by atoms with Crippen LogP contribution in [0.4, 0.5) is 5.69 Å². The van der Waals surface area contributed by atoms with E-state index in [9.17, 15) is 9.59 Å². The normalized spacial score (nSPS) is 11.2. The third-order valence-electron chi connectivity index (χ3n) is 2.36. The molecular formula is C13H15Cl2NO2. The fraction of sp³-hybridized carbons (Fsp3) is 0.385. The van der Waals surface area contributed by atoms with E-state index in [4.69, 9.17) is 23.2 Å². The van der Waals surface area contributed by atoms with E-state index in [1.54, 1.807) is 32.9 Å². The zero-order valence-electron chi connectivity index (χ0n) is 10.5. The van der Waals surface area contributed by atoms with E-state index in [0.717, 1.165) is 0 Å². The van der Waals surface area contributed by atoms with E-state index in [-0.39, 0.29) is 18.1 Å². The number of carbonyl (C=O) groups excluding carboxylic acids is 2. The summed E-state index contributed by atoms with van der Waals surface area (Å²) in [4.78, 5) is 23.4. The second-order valence-corrected chi connectivity index (χ2v) is 5.87. The number of ketones is 1. The zero-order valence-corrected chi connectivity index (χ0v) is 12.0. The Hall–Kier alpha value is -1.06. The van der Waals surface area contributed by atoms with Gasteiger partial charge in [-0.15, -0.1) is 0 Å². The molecule has 0 bridgehead atoms. The van der Waals surface area contributed by atoms with Crippen LogP contribution in [-0.4, -0.2) is 11.7 Å². The Kier molecular flexibility index (Phi) is 4.77. The van der Waals surface area contributed by atoms with Crippen LogP contribution in [0.1, 0.15) is 27.2 Å². The molecule has 0 saturated carbocycles. The number of halogens is 2. The van der Waals surface area contributed by atoms with Crippen LogP contribution >= 0.6 is 23.2 Å². The molecule has 0 fully saturated rings. The number of amides is 1. The maximum Gasteiger partial charge on any atom is 0.231 e. The lowest BCUT2D eigenvalue weighted by atomic mass is 9.89. The second kappa shape index (κ2) is 5.72. The van der Waals surface area contributed by atoms with Gasteiger partial charge in [-0.05, 0) is 18.2 Å². The highest BCUT2D eigenvalue weighted by Gasteiger charge is 2.23. The van der Waals surface area contributed by atoms with Crippen LogP contribution in [0.3, 0.4) is 0 Å². The molecule has 0 aromatic heterocycles. The Morgan fingerprint density at radius 2 is 1.83 bits per heavy atom. The quantitative estimate of drug-likeness (QED) is 0.856. The van der Waals surface area contributed by atoms with E-state index in [2.05, 4.69) is 5.32 Å². The van der Waals surface area contributed by atoms with Crippen molar-refractivity contribution in [3.63, 3.8) is 0 Å². The van der Waals surface area contributed by atoms with E-state index < -0.39 is 5.41 Å². The molecule has 0 spiro atoms. The van der Waals surface area contributed by atoms with Crippen molar-refractivity contribution >= 4 is 40.6 Å². The van der Waals surface area contributed by atoms with Crippen LogP contribution in [-0.2, 0) is 9.59 Å². The number of hydrogen-bond donors (Lipinski definition) is 1. The van der Waals surface area contributed by atoms with Crippen LogP contribution in [0.2, 0.25) is 10.0 Å². The third-order valence-corrected chi connectivity index (χ3v) is 2.91. The summed E-state index contributed by atoms with van der Waals surface area (Å²) in [5, 5.41) is 3.43. The summed E-state index contributed by atoms with van der Waals surface area (Å²) < 4.78 is 0. The first-order valence-corrected chi connectivity index (χ1v) is 6.24. The van der Waals surface area contributed by atoms with Crippen molar-refractivity contribution < 1.29 is 9.59 Å². The molecule has 0 saturated heterocycles. The van der Waals surface area contributed by atoms with Gasteiger partial charge in [0, 0.05) is 10.4 Å². The van der Waals surface area contributed by atoms with Gasteiger partial charge >= 0.3 is 0 Å². The highest BCUT2D eigenvalue weighted by atomic mass is 35.5. The van der Waals surface area contributed by atoms with Gasteiger partial charge in [0.15, 0.2) is 0 Å². The molecule has 18 heavy (non-hydrogen) atoms. The van der Waals surface area contributed by atoms with Gasteiger partial charge in [-0.1, -0.05) is 44.0 Å². The summed E-state index contributed by atoms with van der Waals surface area (Å²) >= 11 is 11.7. The first-order valence-electron chi connectivity index (χ1n) is 5.48. The summed E-state index contributed by atoms with van der Waals surface area (Å²) in [5.74, 6) is -0.496. The van der Waals surface area contributed by atoms with Gasteiger partial charge in [0.25, 0.3) is 0 Å². The van der Waals surface area contributed by atoms with Crippen LogP contribution in [0.25, 0.3) is 0 Å². The topological polar surface area (TPSA) is 46.2 Å². The molecule has 0 aliphatic heterocycles. The molecule has 0 aliphatic carbocycles. The number of hydrogen-bond acceptors (Lipinski definition) is 2. The van der Waals surface area contributed by atoms with Crippen molar-refractivity contribution in [1.82, 2.24) is 0 Å². The van der Waals surface area contributed by atoms with E-state index >= 15 is 0 Å². The predicted octanol–water partition coefficient (Wildman–Crippen LogP) is 3.94. The lowest BCUT2D eigenvalue weighted by Gasteiger charge is -2.16. The fourth-order valence-corrected chi connectivity index (χ4v) is 1.65. The first kappa shape index (κ1) is 15.0. The van der Waals surface area contributed by atoms with Crippen molar-refractivity contribution in [1.29, 1.82) is 0 Å². The molecule has 98 valence electrons. The number of benzene rings is 1. The third kappa shape index (κ3) is 4.31. The highest BCUT2D eigenvalue weighted by Crippen LogP contribution is 2.25. The molecule has 0 unspecified atom stereocenters. The zero-order chi connectivity index (χ0) is 13.9. The average molecular weight is 288 g/mol. The monoisotopic (exact) mass is 287 g/mol. The van der Waals surface area contributed by atoms with Crippen molar-refractivity contribution in [3.05, 3.63) is 28.2 Å². The molecule has 3 nitrogen and oxygen atoms in total. The van der Waals surface area contributed by atoms with Crippen molar-refractivity contribution in [3.8, 4) is 0 Å². The number of carbonyl (C=O) groups is 2. The highest BCUT2D eigenvalue weighted by molar-refractivity contribution is 6.36. The maximum atomic E-state index is 11.7. The van der Waals surface area contributed by atoms with Crippen LogP contribution in [0.15, 0.2) is 18.2 Å². The van der Waals surface area contributed by atoms with E-state index in [0.29, 0.717) is 15.7 Å². The van der Waals surface area contributed by atoms with Gasteiger partial charge in [-0.2, -0.15) is 0 Å². The second-order valence-electron chi connectivity index (χ2n) is 5.02. The summed E-state index contributed by atoms with van der Waals surface area (Å²) in [6.45, 7) is 5.33. The summed E-state index contributed by atoms with van der Waals surface area (Å²) in [7, 11) is 0. The molecule has 1 N–H and O–H groups in total. The molecule has 5 heteroatoms. The Morgan fingerprint density at radius 1 is 1.22 bits per heavy atom. The molecule has 0 heterocycles. The minimum absolute atomic E-state index is 0.120. The molecule has 1 amide bonds. The Morgan fingerprint density at radius 3 is 2.33 bits per heavy atom.